The Morgan fingerprint density at radius 1 is 1.08 bits per heavy atom. The number of nitrogens with two attached hydrogens (primary N) is 2. The highest BCUT2D eigenvalue weighted by atomic mass is 35.5. The molecule has 1 aliphatic heterocycles. The summed E-state index contributed by atoms with van der Waals surface area (Å²) >= 11 is 6.01. The molecule has 4 rings (SSSR count). The van der Waals surface area contributed by atoms with Crippen LogP contribution >= 0.6 is 11.6 Å². The Hall–Kier alpha value is -3.36. The van der Waals surface area contributed by atoms with Crippen molar-refractivity contribution in [1.82, 2.24) is 15.3 Å². The number of hydrogen-bond donors (Lipinski definition) is 3. The summed E-state index contributed by atoms with van der Waals surface area (Å²) in [6.45, 7) is 4.78. The van der Waals surface area contributed by atoms with Crippen molar-refractivity contribution in [1.29, 1.82) is 0 Å². The summed E-state index contributed by atoms with van der Waals surface area (Å²) < 4.78 is 6.11. The normalized spacial score (nSPS) is 21.3. The molecule has 5 N–H and O–H groups in total. The molecule has 8 nitrogen and oxygen atoms in total. The number of carbonyl (C=O) groups excluding carboxylic acids is 1. The SMILES string of the molecule is COc1ccc(CCC[N+]2(C)CC(NC(=O)c3nc(Cl)c(N)nc3N)C(c3ccc(C)cc3)C2)cc1. The van der Waals surface area contributed by atoms with Gasteiger partial charge in [0, 0.05) is 6.42 Å². The van der Waals surface area contributed by atoms with E-state index in [4.69, 9.17) is 27.8 Å². The van der Waals surface area contributed by atoms with Gasteiger partial charge in [-0.15, -0.1) is 0 Å². The lowest BCUT2D eigenvalue weighted by Gasteiger charge is -2.30. The molecule has 9 heteroatoms. The first-order valence-electron chi connectivity index (χ1n) is 12.1. The number of nitrogen functional groups attached to an aromatic ring is 2. The number of halogens is 1. The molecule has 1 saturated heterocycles. The molecule has 0 radical (unpaired) electrons. The molecule has 0 aliphatic carbocycles. The number of nitrogens with one attached hydrogen (secondary N) is 1. The van der Waals surface area contributed by atoms with Crippen LogP contribution in [0.5, 0.6) is 5.75 Å². The molecule has 2 heterocycles. The van der Waals surface area contributed by atoms with E-state index in [1.165, 1.54) is 16.7 Å². The molecule has 3 unspecified atom stereocenters. The monoisotopic (exact) mass is 509 g/mol. The second-order valence-corrected chi connectivity index (χ2v) is 10.2. The highest BCUT2D eigenvalue weighted by Crippen LogP contribution is 2.33. The van der Waals surface area contributed by atoms with E-state index < -0.39 is 5.91 Å². The van der Waals surface area contributed by atoms with Gasteiger partial charge in [-0.2, -0.15) is 0 Å². The highest BCUT2D eigenvalue weighted by Gasteiger charge is 2.44. The number of rotatable bonds is 8. The van der Waals surface area contributed by atoms with Gasteiger partial charge in [0.2, 0.25) is 0 Å². The lowest BCUT2D eigenvalue weighted by atomic mass is 9.93. The van der Waals surface area contributed by atoms with Crippen LogP contribution in [0.2, 0.25) is 5.15 Å². The summed E-state index contributed by atoms with van der Waals surface area (Å²) in [5.74, 6) is 0.598. The van der Waals surface area contributed by atoms with Crippen LogP contribution in [0.1, 0.15) is 39.5 Å². The van der Waals surface area contributed by atoms with Gasteiger partial charge in [0.1, 0.15) is 5.75 Å². The molecule has 1 aromatic heterocycles. The minimum Gasteiger partial charge on any atom is -0.497 e. The average Bonchev–Trinajstić information content (AvgIpc) is 3.18. The number of carbonyl (C=O) groups is 1. The molecule has 0 bridgehead atoms. The summed E-state index contributed by atoms with van der Waals surface area (Å²) in [5, 5.41) is 3.14. The molecule has 1 aliphatic rings. The summed E-state index contributed by atoms with van der Waals surface area (Å²) in [6.07, 6.45) is 2.02. The quantitative estimate of drug-likeness (QED) is 0.400. The van der Waals surface area contributed by atoms with Gasteiger partial charge in [-0.3, -0.25) is 4.79 Å². The van der Waals surface area contributed by atoms with Crippen LogP contribution in [0, 0.1) is 6.92 Å². The van der Waals surface area contributed by atoms with Gasteiger partial charge < -0.3 is 26.0 Å². The fourth-order valence-corrected chi connectivity index (χ4v) is 5.19. The number of likely N-dealkylation sites (tertiary alicyclic amines) is 1. The lowest BCUT2D eigenvalue weighted by molar-refractivity contribution is -0.898. The molecular weight excluding hydrogens is 476 g/mol. The Balaban J connectivity index is 1.49. The zero-order chi connectivity index (χ0) is 25.9. The van der Waals surface area contributed by atoms with Crippen molar-refractivity contribution in [2.45, 2.75) is 31.7 Å². The maximum absolute atomic E-state index is 13.2. The highest BCUT2D eigenvalue weighted by molar-refractivity contribution is 6.31. The van der Waals surface area contributed by atoms with Gasteiger partial charge >= 0.3 is 0 Å². The smallest absolute Gasteiger partial charge is 0.274 e. The van der Waals surface area contributed by atoms with Gasteiger partial charge in [0.25, 0.3) is 5.91 Å². The molecule has 3 atom stereocenters. The van der Waals surface area contributed by atoms with Gasteiger partial charge in [0.05, 0.1) is 45.8 Å². The van der Waals surface area contributed by atoms with E-state index in [0.717, 1.165) is 42.7 Å². The minimum atomic E-state index is -0.393. The zero-order valence-corrected chi connectivity index (χ0v) is 21.8. The molecule has 3 aromatic rings. The van der Waals surface area contributed by atoms with Crippen molar-refractivity contribution in [2.24, 2.45) is 0 Å². The first kappa shape index (κ1) is 25.7. The molecule has 2 aromatic carbocycles. The van der Waals surface area contributed by atoms with E-state index in [-0.39, 0.29) is 34.4 Å². The molecule has 0 spiro atoms. The van der Waals surface area contributed by atoms with E-state index in [9.17, 15) is 4.79 Å². The second-order valence-electron chi connectivity index (χ2n) is 9.89. The maximum Gasteiger partial charge on any atom is 0.274 e. The van der Waals surface area contributed by atoms with Gasteiger partial charge in [-0.05, 0) is 36.6 Å². The van der Waals surface area contributed by atoms with Crippen molar-refractivity contribution < 1.29 is 14.0 Å². The molecular formula is C27H34ClN6O2+. The molecule has 1 fully saturated rings. The first-order chi connectivity index (χ1) is 17.2. The van der Waals surface area contributed by atoms with E-state index in [1.54, 1.807) is 7.11 Å². The number of quaternary nitrogens is 1. The molecule has 1 amide bonds. The second kappa shape index (κ2) is 10.7. The Morgan fingerprint density at radius 2 is 1.78 bits per heavy atom. The largest absolute Gasteiger partial charge is 0.497 e. The number of likely N-dealkylation sites (N-methyl/N-ethyl adjacent to an activating group) is 1. The fraction of sp³-hybridized carbons (Fsp3) is 0.370. The predicted octanol–water partition coefficient (Wildman–Crippen LogP) is 3.59. The summed E-state index contributed by atoms with van der Waals surface area (Å²) in [5.41, 5.74) is 15.3. The van der Waals surface area contributed by atoms with Crippen LogP contribution in [0.15, 0.2) is 48.5 Å². The van der Waals surface area contributed by atoms with Crippen molar-refractivity contribution in [2.75, 3.05) is 45.3 Å². The van der Waals surface area contributed by atoms with Crippen LogP contribution in [0.25, 0.3) is 0 Å². The Labute approximate surface area is 217 Å². The topological polar surface area (TPSA) is 116 Å². The summed E-state index contributed by atoms with van der Waals surface area (Å²) in [7, 11) is 3.94. The molecule has 36 heavy (non-hydrogen) atoms. The maximum atomic E-state index is 13.2. The standard InChI is InChI=1S/C27H33ClN6O2/c1-17-6-10-19(11-7-17)21-15-34(2,14-4-5-18-8-12-20(36-3)13-9-18)16-22(21)31-27(35)23-25(29)33-26(30)24(28)32-23/h6-13,21-22H,4-5,14-16H2,1-3H3,(H4-,29,30,31,33,35)/p+1. The summed E-state index contributed by atoms with van der Waals surface area (Å²) in [6, 6.07) is 16.7. The van der Waals surface area contributed by atoms with Gasteiger partial charge in [-0.25, -0.2) is 9.97 Å². The van der Waals surface area contributed by atoms with E-state index >= 15 is 0 Å². The number of ether oxygens (including phenoxy) is 1. The lowest BCUT2D eigenvalue weighted by Crippen LogP contribution is -2.46. The van der Waals surface area contributed by atoms with Crippen LogP contribution < -0.4 is 21.5 Å². The van der Waals surface area contributed by atoms with E-state index in [0.29, 0.717) is 0 Å². The van der Waals surface area contributed by atoms with Crippen LogP contribution in [-0.2, 0) is 6.42 Å². The number of aryl methyl sites for hydroxylation is 2. The number of aromatic nitrogens is 2. The van der Waals surface area contributed by atoms with Crippen LogP contribution in [-0.4, -0.2) is 60.2 Å². The van der Waals surface area contributed by atoms with Crippen molar-refractivity contribution >= 4 is 29.1 Å². The summed E-state index contributed by atoms with van der Waals surface area (Å²) in [4.78, 5) is 21.2. The third-order valence-electron chi connectivity index (χ3n) is 7.03. The Bertz CT molecular complexity index is 1220. The van der Waals surface area contributed by atoms with Gasteiger partial charge in [0.15, 0.2) is 22.5 Å². The van der Waals surface area contributed by atoms with Crippen molar-refractivity contribution in [3.05, 3.63) is 76.1 Å². The third-order valence-corrected chi connectivity index (χ3v) is 7.30. The molecule has 190 valence electrons. The zero-order valence-electron chi connectivity index (χ0n) is 21.0. The number of hydrogen-bond acceptors (Lipinski definition) is 6. The first-order valence-corrected chi connectivity index (χ1v) is 12.5. The number of anilines is 2. The van der Waals surface area contributed by atoms with Crippen LogP contribution in [0.4, 0.5) is 11.6 Å². The fourth-order valence-electron chi connectivity index (χ4n) is 5.06. The number of methoxy groups -OCH3 is 1. The van der Waals surface area contributed by atoms with E-state index in [1.807, 2.05) is 12.1 Å². The third kappa shape index (κ3) is 5.88. The Morgan fingerprint density at radius 3 is 2.44 bits per heavy atom. The van der Waals surface area contributed by atoms with Crippen LogP contribution in [0.3, 0.4) is 0 Å². The number of nitrogens with zero attached hydrogens (tertiary/aromatic N) is 3. The van der Waals surface area contributed by atoms with Crippen molar-refractivity contribution in [3.63, 3.8) is 0 Å². The van der Waals surface area contributed by atoms with Gasteiger partial charge in [-0.1, -0.05) is 53.6 Å². The average molecular weight is 510 g/mol. The number of benzene rings is 2. The van der Waals surface area contributed by atoms with E-state index in [2.05, 4.69) is 65.7 Å². The molecule has 0 saturated carbocycles. The minimum absolute atomic E-state index is 0.00235. The predicted molar refractivity (Wildman–Crippen MR) is 143 cm³/mol. The number of amides is 1. The van der Waals surface area contributed by atoms with Crippen molar-refractivity contribution in [3.8, 4) is 5.75 Å². The Kier molecular flexibility index (Phi) is 7.66.